The van der Waals surface area contributed by atoms with Gasteiger partial charge in [-0.05, 0) is 42.3 Å². The predicted octanol–water partition coefficient (Wildman–Crippen LogP) is 4.66. The molecule has 0 aliphatic rings. The number of hydrogen-bond donors (Lipinski definition) is 1. The van der Waals surface area contributed by atoms with Crippen LogP contribution in [0.5, 0.6) is 0 Å². The third-order valence-corrected chi connectivity index (χ3v) is 4.26. The van der Waals surface area contributed by atoms with Crippen LogP contribution in [0, 0.1) is 12.7 Å². The quantitative estimate of drug-likeness (QED) is 0.867. The normalized spacial score (nSPS) is 10.4. The summed E-state index contributed by atoms with van der Waals surface area (Å²) in [6.07, 6.45) is 0. The van der Waals surface area contributed by atoms with Gasteiger partial charge in [0.1, 0.15) is 5.82 Å². The van der Waals surface area contributed by atoms with Crippen molar-refractivity contribution in [2.24, 2.45) is 0 Å². The Morgan fingerprint density at radius 1 is 1.29 bits per heavy atom. The van der Waals surface area contributed by atoms with E-state index in [1.54, 1.807) is 13.0 Å². The second-order valence-corrected chi connectivity index (χ2v) is 5.98. The molecule has 0 spiro atoms. The van der Waals surface area contributed by atoms with E-state index < -0.39 is 0 Å². The molecule has 2 nitrogen and oxygen atoms in total. The van der Waals surface area contributed by atoms with E-state index in [1.807, 2.05) is 24.3 Å². The number of amides is 1. The summed E-state index contributed by atoms with van der Waals surface area (Å²) in [5.74, 6) is 0.581. The number of anilines is 1. The fourth-order valence-corrected chi connectivity index (χ4v) is 2.94. The molecule has 21 heavy (non-hydrogen) atoms. The molecule has 0 heterocycles. The lowest BCUT2D eigenvalue weighted by atomic mass is 10.2. The molecule has 0 aliphatic heterocycles. The van der Waals surface area contributed by atoms with E-state index in [0.717, 1.165) is 5.56 Å². The van der Waals surface area contributed by atoms with Gasteiger partial charge in [-0.15, -0.1) is 11.8 Å². The van der Waals surface area contributed by atoms with Gasteiger partial charge >= 0.3 is 0 Å². The molecule has 0 saturated carbocycles. The number of thioether (sulfide) groups is 1. The third kappa shape index (κ3) is 4.76. The van der Waals surface area contributed by atoms with E-state index in [-0.39, 0.29) is 11.7 Å². The number of carbonyl (C=O) groups excluding carboxylic acids is 1. The Bertz CT molecular complexity index is 648. The highest BCUT2D eigenvalue weighted by molar-refractivity contribution is 7.99. The number of aryl methyl sites for hydroxylation is 1. The minimum absolute atomic E-state index is 0.109. The summed E-state index contributed by atoms with van der Waals surface area (Å²) in [4.78, 5) is 11.9. The average molecular weight is 324 g/mol. The number of halogens is 2. The van der Waals surface area contributed by atoms with Crippen LogP contribution in [0.2, 0.25) is 5.02 Å². The molecule has 1 amide bonds. The van der Waals surface area contributed by atoms with Gasteiger partial charge in [0.05, 0.1) is 5.75 Å². The first-order chi connectivity index (χ1) is 10.1. The molecule has 0 bridgehead atoms. The summed E-state index contributed by atoms with van der Waals surface area (Å²) in [6, 6.07) is 11.9. The van der Waals surface area contributed by atoms with Gasteiger partial charge in [0.25, 0.3) is 0 Å². The van der Waals surface area contributed by atoms with Crippen molar-refractivity contribution in [2.75, 3.05) is 11.1 Å². The molecule has 2 aromatic rings. The fourth-order valence-electron chi connectivity index (χ4n) is 1.82. The van der Waals surface area contributed by atoms with Crippen molar-refractivity contribution >= 4 is 35.0 Å². The largest absolute Gasteiger partial charge is 0.325 e. The molecule has 0 saturated heterocycles. The molecule has 0 atom stereocenters. The van der Waals surface area contributed by atoms with E-state index in [0.29, 0.717) is 27.8 Å². The summed E-state index contributed by atoms with van der Waals surface area (Å²) in [6.45, 7) is 1.76. The standard InChI is InChI=1S/C16H15ClFNOS/c1-11-8-13(18)6-7-15(11)19-16(20)10-21-9-12-4-2-3-5-14(12)17/h2-8H,9-10H2,1H3,(H,19,20). The van der Waals surface area contributed by atoms with E-state index in [1.165, 1.54) is 23.9 Å². The van der Waals surface area contributed by atoms with Crippen LogP contribution in [-0.2, 0) is 10.5 Å². The monoisotopic (exact) mass is 323 g/mol. The summed E-state index contributed by atoms with van der Waals surface area (Å²) < 4.78 is 13.0. The van der Waals surface area contributed by atoms with E-state index in [4.69, 9.17) is 11.6 Å². The van der Waals surface area contributed by atoms with Gasteiger partial charge in [-0.3, -0.25) is 4.79 Å². The van der Waals surface area contributed by atoms with Gasteiger partial charge < -0.3 is 5.32 Å². The van der Waals surface area contributed by atoms with Crippen molar-refractivity contribution in [1.29, 1.82) is 0 Å². The molecule has 5 heteroatoms. The zero-order valence-electron chi connectivity index (χ0n) is 11.5. The van der Waals surface area contributed by atoms with Gasteiger partial charge in [-0.25, -0.2) is 4.39 Å². The molecule has 110 valence electrons. The van der Waals surface area contributed by atoms with Crippen LogP contribution >= 0.6 is 23.4 Å². The Morgan fingerprint density at radius 2 is 2.05 bits per heavy atom. The third-order valence-electron chi connectivity index (χ3n) is 2.91. The van der Waals surface area contributed by atoms with Crippen LogP contribution in [0.4, 0.5) is 10.1 Å². The Hall–Kier alpha value is -1.52. The first kappa shape index (κ1) is 15.9. The lowest BCUT2D eigenvalue weighted by Crippen LogP contribution is -2.15. The van der Waals surface area contributed by atoms with Crippen molar-refractivity contribution in [3.63, 3.8) is 0 Å². The van der Waals surface area contributed by atoms with E-state index in [9.17, 15) is 9.18 Å². The molecular weight excluding hydrogens is 309 g/mol. The minimum atomic E-state index is -0.307. The molecule has 0 fully saturated rings. The van der Waals surface area contributed by atoms with Gasteiger partial charge in [-0.1, -0.05) is 29.8 Å². The Balaban J connectivity index is 1.84. The summed E-state index contributed by atoms with van der Waals surface area (Å²) >= 11 is 7.54. The van der Waals surface area contributed by atoms with Gasteiger partial charge in [-0.2, -0.15) is 0 Å². The highest BCUT2D eigenvalue weighted by atomic mass is 35.5. The molecule has 2 rings (SSSR count). The number of benzene rings is 2. The van der Waals surface area contributed by atoms with Crippen molar-refractivity contribution in [3.8, 4) is 0 Å². The van der Waals surface area contributed by atoms with Crippen LogP contribution in [0.1, 0.15) is 11.1 Å². The molecule has 0 aromatic heterocycles. The smallest absolute Gasteiger partial charge is 0.234 e. The zero-order chi connectivity index (χ0) is 15.2. The van der Waals surface area contributed by atoms with Crippen LogP contribution in [-0.4, -0.2) is 11.7 Å². The summed E-state index contributed by atoms with van der Waals surface area (Å²) in [5.41, 5.74) is 2.36. The second-order valence-electron chi connectivity index (χ2n) is 4.59. The van der Waals surface area contributed by atoms with Crippen LogP contribution in [0.3, 0.4) is 0 Å². The van der Waals surface area contributed by atoms with Crippen molar-refractivity contribution in [1.82, 2.24) is 0 Å². The SMILES string of the molecule is Cc1cc(F)ccc1NC(=O)CSCc1ccccc1Cl. The highest BCUT2D eigenvalue weighted by Crippen LogP contribution is 2.21. The van der Waals surface area contributed by atoms with Crippen molar-refractivity contribution in [2.45, 2.75) is 12.7 Å². The number of carbonyl (C=O) groups is 1. The summed E-state index contributed by atoms with van der Waals surface area (Å²) in [5, 5.41) is 3.49. The number of hydrogen-bond acceptors (Lipinski definition) is 2. The van der Waals surface area contributed by atoms with Crippen molar-refractivity contribution < 1.29 is 9.18 Å². The highest BCUT2D eigenvalue weighted by Gasteiger charge is 2.07. The van der Waals surface area contributed by atoms with Gasteiger partial charge in [0.15, 0.2) is 0 Å². The second kappa shape index (κ2) is 7.48. The maximum absolute atomic E-state index is 13.0. The predicted molar refractivity (Wildman–Crippen MR) is 87.4 cm³/mol. The average Bonchev–Trinajstić information content (AvgIpc) is 2.44. The first-order valence-corrected chi connectivity index (χ1v) is 7.96. The van der Waals surface area contributed by atoms with Gasteiger partial charge in [0.2, 0.25) is 5.91 Å². The maximum atomic E-state index is 13.0. The van der Waals surface area contributed by atoms with Crippen LogP contribution in [0.15, 0.2) is 42.5 Å². The minimum Gasteiger partial charge on any atom is -0.325 e. The fraction of sp³-hybridized carbons (Fsp3) is 0.188. The Kier molecular flexibility index (Phi) is 5.65. The van der Waals surface area contributed by atoms with E-state index >= 15 is 0 Å². The molecular formula is C16H15ClFNOS. The molecule has 0 unspecified atom stereocenters. The van der Waals surface area contributed by atoms with Crippen LogP contribution < -0.4 is 5.32 Å². The first-order valence-electron chi connectivity index (χ1n) is 6.43. The molecule has 1 N–H and O–H groups in total. The number of nitrogens with one attached hydrogen (secondary N) is 1. The Labute approximate surface area is 132 Å². The number of rotatable bonds is 5. The Morgan fingerprint density at radius 3 is 2.76 bits per heavy atom. The maximum Gasteiger partial charge on any atom is 0.234 e. The zero-order valence-corrected chi connectivity index (χ0v) is 13.1. The molecule has 0 radical (unpaired) electrons. The molecule has 0 aliphatic carbocycles. The molecule has 2 aromatic carbocycles. The lowest BCUT2D eigenvalue weighted by Gasteiger charge is -2.08. The van der Waals surface area contributed by atoms with E-state index in [2.05, 4.69) is 5.32 Å². The van der Waals surface area contributed by atoms with Gasteiger partial charge in [0, 0.05) is 16.5 Å². The van der Waals surface area contributed by atoms with Crippen molar-refractivity contribution in [3.05, 3.63) is 64.4 Å². The summed E-state index contributed by atoms with van der Waals surface area (Å²) in [7, 11) is 0. The van der Waals surface area contributed by atoms with Crippen LogP contribution in [0.25, 0.3) is 0 Å². The topological polar surface area (TPSA) is 29.1 Å². The lowest BCUT2D eigenvalue weighted by molar-refractivity contribution is -0.113.